The van der Waals surface area contributed by atoms with E-state index in [1.807, 2.05) is 30.3 Å². The van der Waals surface area contributed by atoms with Gasteiger partial charge in [0.25, 0.3) is 0 Å². The van der Waals surface area contributed by atoms with Crippen LogP contribution in [0, 0.1) is 0 Å². The van der Waals surface area contributed by atoms with Crippen LogP contribution in [0.5, 0.6) is 0 Å². The lowest BCUT2D eigenvalue weighted by molar-refractivity contribution is 0.103. The van der Waals surface area contributed by atoms with Crippen molar-refractivity contribution in [1.82, 2.24) is 20.2 Å². The van der Waals surface area contributed by atoms with Gasteiger partial charge in [-0.3, -0.25) is 9.89 Å². The van der Waals surface area contributed by atoms with Gasteiger partial charge in [0.05, 0.1) is 16.3 Å². The number of halogens is 5. The molecule has 170 valence electrons. The number of ketones is 1. The second kappa shape index (κ2) is 10.7. The number of fused-ring (bicyclic) bond motifs is 1. The molecule has 0 aliphatic rings. The Balaban J connectivity index is 0.000000161. The van der Waals surface area contributed by atoms with Gasteiger partial charge in [0.15, 0.2) is 11.4 Å². The fourth-order valence-corrected chi connectivity index (χ4v) is 4.14. The molecule has 0 saturated carbocycles. The van der Waals surface area contributed by atoms with E-state index < -0.39 is 0 Å². The molecule has 5 aromatic rings. The number of hydrogen-bond acceptors (Lipinski definition) is 4. The normalized spacial score (nSPS) is 10.6. The highest BCUT2D eigenvalue weighted by Gasteiger charge is 2.16. The van der Waals surface area contributed by atoms with Gasteiger partial charge in [0.2, 0.25) is 0 Å². The molecule has 0 bridgehead atoms. The van der Waals surface area contributed by atoms with Crippen LogP contribution < -0.4 is 0 Å². The van der Waals surface area contributed by atoms with Crippen LogP contribution in [0.2, 0.25) is 25.5 Å². The predicted molar refractivity (Wildman–Crippen MR) is 138 cm³/mol. The van der Waals surface area contributed by atoms with Crippen LogP contribution in [0.3, 0.4) is 0 Å². The van der Waals surface area contributed by atoms with E-state index in [0.29, 0.717) is 26.4 Å². The second-order valence-electron chi connectivity index (χ2n) is 6.86. The van der Waals surface area contributed by atoms with Gasteiger partial charge < -0.3 is 0 Å². The summed E-state index contributed by atoms with van der Waals surface area (Å²) in [6.07, 6.45) is 0. The van der Waals surface area contributed by atoms with Crippen LogP contribution in [-0.2, 0) is 0 Å². The van der Waals surface area contributed by atoms with Crippen molar-refractivity contribution in [2.45, 2.75) is 0 Å². The van der Waals surface area contributed by atoms with Gasteiger partial charge in [0.1, 0.15) is 15.5 Å². The first-order valence-corrected chi connectivity index (χ1v) is 11.6. The lowest BCUT2D eigenvalue weighted by Crippen LogP contribution is -2.03. The Morgan fingerprint density at radius 3 is 2.03 bits per heavy atom. The fraction of sp³-hybridized carbons (Fsp3) is 0. The summed E-state index contributed by atoms with van der Waals surface area (Å²) >= 11 is 29.4. The molecular weight excluding hydrogens is 538 g/mol. The van der Waals surface area contributed by atoms with Crippen molar-refractivity contribution >= 4 is 74.8 Å². The number of benzene rings is 2. The number of aromatic amines is 1. The largest absolute Gasteiger partial charge is 0.288 e. The number of pyridine rings is 2. The zero-order valence-corrected chi connectivity index (χ0v) is 20.8. The SMILES string of the molecule is Clc1ccc2c(-c3ccccc3Cl)[nH]nc2n1.O=C(c1ccccc1Cl)c1ccc(Cl)nc1Cl. The van der Waals surface area contributed by atoms with Crippen LogP contribution >= 0.6 is 58.0 Å². The molecule has 10 heteroatoms. The summed E-state index contributed by atoms with van der Waals surface area (Å²) in [6.45, 7) is 0. The Morgan fingerprint density at radius 1 is 0.676 bits per heavy atom. The van der Waals surface area contributed by atoms with Gasteiger partial charge in [-0.2, -0.15) is 5.10 Å². The first kappa shape index (κ1) is 24.5. The molecule has 0 fully saturated rings. The van der Waals surface area contributed by atoms with E-state index in [1.165, 1.54) is 12.1 Å². The van der Waals surface area contributed by atoms with Crippen molar-refractivity contribution in [2.24, 2.45) is 0 Å². The van der Waals surface area contributed by atoms with Crippen molar-refractivity contribution < 1.29 is 4.79 Å². The minimum atomic E-state index is -0.273. The molecule has 5 rings (SSSR count). The average molecular weight is 551 g/mol. The number of nitrogens with one attached hydrogen (secondary N) is 1. The summed E-state index contributed by atoms with van der Waals surface area (Å²) in [5.41, 5.74) is 3.02. The number of rotatable bonds is 3. The molecule has 0 saturated heterocycles. The van der Waals surface area contributed by atoms with Crippen LogP contribution in [0.1, 0.15) is 15.9 Å². The van der Waals surface area contributed by atoms with E-state index in [0.717, 1.165) is 16.6 Å². The van der Waals surface area contributed by atoms with Crippen LogP contribution in [0.4, 0.5) is 0 Å². The van der Waals surface area contributed by atoms with Crippen molar-refractivity contribution in [3.05, 3.63) is 109 Å². The number of hydrogen-bond donors (Lipinski definition) is 1. The summed E-state index contributed by atoms with van der Waals surface area (Å²) in [6, 6.07) is 21.0. The highest BCUT2D eigenvalue weighted by atomic mass is 35.5. The molecular formula is C24H13Cl5N4O. The topological polar surface area (TPSA) is 71.5 Å². The first-order valence-electron chi connectivity index (χ1n) is 9.72. The quantitative estimate of drug-likeness (QED) is 0.182. The van der Waals surface area contributed by atoms with Gasteiger partial charge in [-0.15, -0.1) is 0 Å². The van der Waals surface area contributed by atoms with E-state index in [-0.39, 0.29) is 21.7 Å². The zero-order valence-electron chi connectivity index (χ0n) is 17.1. The molecule has 0 unspecified atom stereocenters. The second-order valence-corrected chi connectivity index (χ2v) is 8.81. The van der Waals surface area contributed by atoms with Crippen molar-refractivity contribution in [2.75, 3.05) is 0 Å². The number of carbonyl (C=O) groups excluding carboxylic acids is 1. The molecule has 1 N–H and O–H groups in total. The van der Waals surface area contributed by atoms with E-state index >= 15 is 0 Å². The molecule has 0 aliphatic carbocycles. The Bertz CT molecular complexity index is 1500. The maximum absolute atomic E-state index is 12.1. The highest BCUT2D eigenvalue weighted by molar-refractivity contribution is 6.38. The van der Waals surface area contributed by atoms with Crippen LogP contribution in [-0.4, -0.2) is 25.9 Å². The number of aromatic nitrogens is 4. The molecule has 0 radical (unpaired) electrons. The number of nitrogens with zero attached hydrogens (tertiary/aromatic N) is 3. The molecule has 3 heterocycles. The van der Waals surface area contributed by atoms with E-state index in [2.05, 4.69) is 20.2 Å². The number of carbonyl (C=O) groups is 1. The minimum absolute atomic E-state index is 0.0717. The first-order chi connectivity index (χ1) is 16.3. The summed E-state index contributed by atoms with van der Waals surface area (Å²) in [7, 11) is 0. The molecule has 0 atom stereocenters. The third-order valence-corrected chi connectivity index (χ3v) is 6.07. The standard InChI is InChI=1S/C12H6Cl3NO.C12H7Cl2N3/c13-9-4-2-1-3-7(9)11(17)8-5-6-10(14)16-12(8)15;13-9-4-2-1-3-7(9)11-8-5-6-10(14)15-12(8)17-16-11/h1-6H;1-6H,(H,15,16,17). The van der Waals surface area contributed by atoms with Crippen molar-refractivity contribution in [1.29, 1.82) is 0 Å². The maximum Gasteiger partial charge on any atom is 0.197 e. The predicted octanol–water partition coefficient (Wildman–Crippen LogP) is 8.20. The van der Waals surface area contributed by atoms with Gasteiger partial charge in [-0.25, -0.2) is 9.97 Å². The molecule has 34 heavy (non-hydrogen) atoms. The van der Waals surface area contributed by atoms with Gasteiger partial charge in [0, 0.05) is 21.5 Å². The maximum atomic E-state index is 12.1. The molecule has 0 amide bonds. The molecule has 0 spiro atoms. The smallest absolute Gasteiger partial charge is 0.197 e. The summed E-state index contributed by atoms with van der Waals surface area (Å²) in [4.78, 5) is 20.1. The molecule has 0 aliphatic heterocycles. The van der Waals surface area contributed by atoms with Gasteiger partial charge >= 0.3 is 0 Å². The van der Waals surface area contributed by atoms with Crippen molar-refractivity contribution in [3.63, 3.8) is 0 Å². The molecule has 3 aromatic heterocycles. The zero-order chi connectivity index (χ0) is 24.2. The van der Waals surface area contributed by atoms with Crippen LogP contribution in [0.25, 0.3) is 22.3 Å². The monoisotopic (exact) mass is 548 g/mol. The lowest BCUT2D eigenvalue weighted by atomic mass is 10.1. The molecule has 5 nitrogen and oxygen atoms in total. The Hall–Kier alpha value is -2.67. The van der Waals surface area contributed by atoms with Crippen LogP contribution in [0.15, 0.2) is 72.8 Å². The fourth-order valence-electron chi connectivity index (χ4n) is 3.12. The average Bonchev–Trinajstić information content (AvgIpc) is 3.22. The Labute approximate surface area is 219 Å². The molecule has 2 aromatic carbocycles. The van der Waals surface area contributed by atoms with Gasteiger partial charge in [-0.1, -0.05) is 88.3 Å². The third-order valence-electron chi connectivity index (χ3n) is 4.71. The summed E-state index contributed by atoms with van der Waals surface area (Å²) in [5.74, 6) is -0.273. The summed E-state index contributed by atoms with van der Waals surface area (Å²) in [5, 5.41) is 9.76. The van der Waals surface area contributed by atoms with Crippen molar-refractivity contribution in [3.8, 4) is 11.3 Å². The third kappa shape index (κ3) is 5.35. The minimum Gasteiger partial charge on any atom is -0.288 e. The van der Waals surface area contributed by atoms with E-state index in [4.69, 9.17) is 58.0 Å². The number of H-pyrrole nitrogens is 1. The summed E-state index contributed by atoms with van der Waals surface area (Å²) < 4.78 is 0. The highest BCUT2D eigenvalue weighted by Crippen LogP contribution is 2.31. The van der Waals surface area contributed by atoms with Gasteiger partial charge in [-0.05, 0) is 42.5 Å². The Morgan fingerprint density at radius 2 is 1.32 bits per heavy atom. The van der Waals surface area contributed by atoms with E-state index in [1.54, 1.807) is 30.3 Å². The Kier molecular flexibility index (Phi) is 7.71. The van der Waals surface area contributed by atoms with E-state index in [9.17, 15) is 4.79 Å². The lowest BCUT2D eigenvalue weighted by Gasteiger charge is -2.04.